The zero-order valence-electron chi connectivity index (χ0n) is 24.5. The number of hydrogen-bond acceptors (Lipinski definition) is 6. The van der Waals surface area contributed by atoms with Crippen molar-refractivity contribution < 1.29 is 27.5 Å². The fourth-order valence-electron chi connectivity index (χ4n) is 4.40. The lowest BCUT2D eigenvalue weighted by molar-refractivity contribution is -0.140. The molecule has 41 heavy (non-hydrogen) atoms. The summed E-state index contributed by atoms with van der Waals surface area (Å²) in [6, 6.07) is 19.2. The summed E-state index contributed by atoms with van der Waals surface area (Å²) in [5.41, 5.74) is 1.90. The monoisotopic (exact) mass is 581 g/mol. The Labute approximate surface area is 243 Å². The number of aryl methyl sites for hydroxylation is 1. The predicted molar refractivity (Wildman–Crippen MR) is 160 cm³/mol. The summed E-state index contributed by atoms with van der Waals surface area (Å²) < 4.78 is 39.7. The molecule has 1 atom stereocenters. The van der Waals surface area contributed by atoms with Crippen LogP contribution in [0.4, 0.5) is 5.69 Å². The quantitative estimate of drug-likeness (QED) is 0.318. The van der Waals surface area contributed by atoms with Crippen molar-refractivity contribution >= 4 is 27.5 Å². The van der Waals surface area contributed by atoms with Crippen molar-refractivity contribution in [2.45, 2.75) is 57.6 Å². The van der Waals surface area contributed by atoms with Crippen molar-refractivity contribution in [2.24, 2.45) is 0 Å². The van der Waals surface area contributed by atoms with E-state index in [0.717, 1.165) is 15.4 Å². The second-order valence-corrected chi connectivity index (χ2v) is 11.8. The highest BCUT2D eigenvalue weighted by Gasteiger charge is 2.34. The Kier molecular flexibility index (Phi) is 10.8. The number of carbonyl (C=O) groups is 2. The van der Waals surface area contributed by atoms with Crippen LogP contribution in [0.5, 0.6) is 11.5 Å². The molecule has 0 saturated heterocycles. The summed E-state index contributed by atoms with van der Waals surface area (Å²) in [5.74, 6) is 0.203. The molecule has 0 aliphatic carbocycles. The largest absolute Gasteiger partial charge is 0.497 e. The third kappa shape index (κ3) is 8.00. The molecule has 2 amide bonds. The molecule has 3 aromatic rings. The average molecular weight is 582 g/mol. The van der Waals surface area contributed by atoms with Crippen LogP contribution in [0.25, 0.3) is 0 Å². The number of hydrogen-bond donors (Lipinski definition) is 1. The number of rotatable bonds is 13. The first kappa shape index (κ1) is 31.5. The van der Waals surface area contributed by atoms with Gasteiger partial charge in [0.25, 0.3) is 10.0 Å². The number of nitrogens with zero attached hydrogens (tertiary/aromatic N) is 2. The summed E-state index contributed by atoms with van der Waals surface area (Å²) in [7, 11) is -1.14. The lowest BCUT2D eigenvalue weighted by Gasteiger charge is -2.33. The number of carbonyl (C=O) groups excluding carboxylic acids is 2. The molecule has 0 aromatic heterocycles. The molecule has 220 valence electrons. The smallest absolute Gasteiger partial charge is 0.264 e. The van der Waals surface area contributed by atoms with Gasteiger partial charge in [-0.15, -0.1) is 0 Å². The maximum Gasteiger partial charge on any atom is 0.264 e. The Hall–Kier alpha value is -4.05. The van der Waals surface area contributed by atoms with E-state index in [4.69, 9.17) is 9.47 Å². The van der Waals surface area contributed by atoms with Crippen molar-refractivity contribution in [3.05, 3.63) is 83.9 Å². The Morgan fingerprint density at radius 2 is 1.51 bits per heavy atom. The number of benzene rings is 3. The standard InChI is InChI=1S/C31H39N3O6S/c1-7-29(31(36)32-22(2)3)33(20-24-10-8-12-26(18-24)39-5)30(35)21-34(25-11-9-13-27(19-25)40-6)41(37,38)28-16-14-23(4)15-17-28/h8-19,22,29H,7,20-21H2,1-6H3,(H,32,36)/t29-/m0/s1. The zero-order chi connectivity index (χ0) is 30.2. The number of ether oxygens (including phenoxy) is 2. The molecule has 0 aliphatic heterocycles. The van der Waals surface area contributed by atoms with E-state index in [2.05, 4.69) is 5.32 Å². The van der Waals surface area contributed by atoms with Gasteiger partial charge in [0.05, 0.1) is 24.8 Å². The van der Waals surface area contributed by atoms with Crippen molar-refractivity contribution in [1.82, 2.24) is 10.2 Å². The predicted octanol–water partition coefficient (Wildman–Crippen LogP) is 4.54. The molecule has 9 nitrogen and oxygen atoms in total. The maximum absolute atomic E-state index is 14.1. The SMILES string of the molecule is CC[C@@H](C(=O)NC(C)C)N(Cc1cccc(OC)c1)C(=O)CN(c1cccc(OC)c1)S(=O)(=O)c1ccc(C)cc1. The van der Waals surface area contributed by atoms with Crippen LogP contribution in [0.15, 0.2) is 77.7 Å². The van der Waals surface area contributed by atoms with Gasteiger partial charge in [-0.2, -0.15) is 0 Å². The number of anilines is 1. The summed E-state index contributed by atoms with van der Waals surface area (Å²) in [6.45, 7) is 6.92. The maximum atomic E-state index is 14.1. The molecule has 0 fully saturated rings. The highest BCUT2D eigenvalue weighted by atomic mass is 32.2. The molecule has 0 radical (unpaired) electrons. The lowest BCUT2D eigenvalue weighted by atomic mass is 10.1. The fraction of sp³-hybridized carbons (Fsp3) is 0.355. The van der Waals surface area contributed by atoms with E-state index in [0.29, 0.717) is 17.9 Å². The molecular weight excluding hydrogens is 542 g/mol. The molecule has 3 rings (SSSR count). The van der Waals surface area contributed by atoms with E-state index >= 15 is 0 Å². The van der Waals surface area contributed by atoms with Crippen LogP contribution >= 0.6 is 0 Å². The normalized spacial score (nSPS) is 12.0. The Balaban J connectivity index is 2.09. The van der Waals surface area contributed by atoms with Gasteiger partial charge in [-0.3, -0.25) is 13.9 Å². The van der Waals surface area contributed by atoms with E-state index in [1.54, 1.807) is 61.7 Å². The van der Waals surface area contributed by atoms with E-state index in [-0.39, 0.29) is 29.1 Å². The van der Waals surface area contributed by atoms with E-state index in [1.807, 2.05) is 33.8 Å². The van der Waals surface area contributed by atoms with E-state index in [1.165, 1.54) is 24.1 Å². The molecule has 0 aliphatic rings. The van der Waals surface area contributed by atoms with Gasteiger partial charge in [-0.05, 0) is 69.2 Å². The molecular formula is C31H39N3O6S. The van der Waals surface area contributed by atoms with Gasteiger partial charge in [-0.1, -0.05) is 42.8 Å². The Morgan fingerprint density at radius 1 is 0.902 bits per heavy atom. The first-order chi connectivity index (χ1) is 19.5. The second-order valence-electron chi connectivity index (χ2n) is 9.99. The van der Waals surface area contributed by atoms with Crippen LogP contribution in [0, 0.1) is 6.92 Å². The van der Waals surface area contributed by atoms with Gasteiger partial charge in [0.15, 0.2) is 0 Å². The average Bonchev–Trinajstić information content (AvgIpc) is 2.95. The van der Waals surface area contributed by atoms with Gasteiger partial charge < -0.3 is 19.7 Å². The minimum atomic E-state index is -4.17. The third-order valence-corrected chi connectivity index (χ3v) is 8.32. The van der Waals surface area contributed by atoms with Crippen molar-refractivity contribution in [3.8, 4) is 11.5 Å². The number of amides is 2. The summed E-state index contributed by atoms with van der Waals surface area (Å²) in [4.78, 5) is 28.9. The van der Waals surface area contributed by atoms with Crippen LogP contribution < -0.4 is 19.1 Å². The first-order valence-electron chi connectivity index (χ1n) is 13.5. The highest BCUT2D eigenvalue weighted by Crippen LogP contribution is 2.28. The second kappa shape index (κ2) is 14.0. The third-order valence-electron chi connectivity index (χ3n) is 6.53. The summed E-state index contributed by atoms with van der Waals surface area (Å²) >= 11 is 0. The van der Waals surface area contributed by atoms with Gasteiger partial charge in [0.2, 0.25) is 11.8 Å². The van der Waals surface area contributed by atoms with Crippen LogP contribution in [-0.2, 0) is 26.2 Å². The topological polar surface area (TPSA) is 105 Å². The molecule has 1 N–H and O–H groups in total. The fourth-order valence-corrected chi connectivity index (χ4v) is 5.81. The Morgan fingerprint density at radius 3 is 2.10 bits per heavy atom. The molecule has 0 unspecified atom stereocenters. The van der Waals surface area contributed by atoms with Crippen LogP contribution in [0.3, 0.4) is 0 Å². The zero-order valence-corrected chi connectivity index (χ0v) is 25.3. The van der Waals surface area contributed by atoms with Crippen LogP contribution in [0.1, 0.15) is 38.3 Å². The highest BCUT2D eigenvalue weighted by molar-refractivity contribution is 7.92. The molecule has 0 bridgehead atoms. The first-order valence-corrected chi connectivity index (χ1v) is 14.9. The Bertz CT molecular complexity index is 1440. The van der Waals surface area contributed by atoms with Crippen molar-refractivity contribution in [1.29, 1.82) is 0 Å². The van der Waals surface area contributed by atoms with Crippen molar-refractivity contribution in [2.75, 3.05) is 25.1 Å². The number of methoxy groups -OCH3 is 2. The summed E-state index contributed by atoms with van der Waals surface area (Å²) in [5, 5.41) is 2.89. The van der Waals surface area contributed by atoms with Crippen molar-refractivity contribution in [3.63, 3.8) is 0 Å². The molecule has 0 spiro atoms. The molecule has 0 saturated carbocycles. The molecule has 10 heteroatoms. The van der Waals surface area contributed by atoms with Crippen LogP contribution in [-0.4, -0.2) is 58.0 Å². The lowest BCUT2D eigenvalue weighted by Crippen LogP contribution is -2.53. The number of nitrogens with one attached hydrogen (secondary N) is 1. The minimum Gasteiger partial charge on any atom is -0.497 e. The molecule has 0 heterocycles. The number of sulfonamides is 1. The minimum absolute atomic E-state index is 0.0441. The molecule has 3 aromatic carbocycles. The van der Waals surface area contributed by atoms with Gasteiger partial charge >= 0.3 is 0 Å². The summed E-state index contributed by atoms with van der Waals surface area (Å²) in [6.07, 6.45) is 0.331. The van der Waals surface area contributed by atoms with E-state index < -0.39 is 28.5 Å². The van der Waals surface area contributed by atoms with Gasteiger partial charge in [0, 0.05) is 18.7 Å². The van der Waals surface area contributed by atoms with Gasteiger partial charge in [0.1, 0.15) is 24.1 Å². The van der Waals surface area contributed by atoms with E-state index in [9.17, 15) is 18.0 Å². The van der Waals surface area contributed by atoms with Crippen LogP contribution in [0.2, 0.25) is 0 Å². The van der Waals surface area contributed by atoms with Gasteiger partial charge in [-0.25, -0.2) is 8.42 Å².